The second-order valence-electron chi connectivity index (χ2n) is 6.36. The zero-order valence-corrected chi connectivity index (χ0v) is 14.2. The van der Waals surface area contributed by atoms with Gasteiger partial charge >= 0.3 is 6.09 Å². The lowest BCUT2D eigenvalue weighted by atomic mass is 10.1. The topological polar surface area (TPSA) is 61.8 Å². The van der Waals surface area contributed by atoms with Crippen LogP contribution in [-0.2, 0) is 24.4 Å². The summed E-state index contributed by atoms with van der Waals surface area (Å²) < 4.78 is 5.24. The van der Waals surface area contributed by atoms with Crippen LogP contribution in [0.15, 0.2) is 54.6 Å². The molecule has 1 amide bonds. The summed E-state index contributed by atoms with van der Waals surface area (Å²) in [5, 5.41) is 12.5. The molecule has 5 heteroatoms. The van der Waals surface area contributed by atoms with Gasteiger partial charge < -0.3 is 15.2 Å². The number of likely N-dealkylation sites (tertiary alicyclic amines) is 1. The minimum Gasteiger partial charge on any atom is -0.445 e. The molecule has 1 saturated heterocycles. The Morgan fingerprint density at radius 3 is 2.56 bits per heavy atom. The highest BCUT2D eigenvalue weighted by Gasteiger charge is 2.20. The third kappa shape index (κ3) is 5.31. The normalized spacial score (nSPS) is 17.4. The quantitative estimate of drug-likeness (QED) is 0.849. The molecule has 5 nitrogen and oxygen atoms in total. The summed E-state index contributed by atoms with van der Waals surface area (Å²) in [5.41, 5.74) is 3.20. The summed E-state index contributed by atoms with van der Waals surface area (Å²) in [6, 6.07) is 17.7. The highest BCUT2D eigenvalue weighted by Crippen LogP contribution is 2.16. The van der Waals surface area contributed by atoms with Gasteiger partial charge in [-0.2, -0.15) is 0 Å². The van der Waals surface area contributed by atoms with Crippen LogP contribution in [0.1, 0.15) is 23.1 Å². The van der Waals surface area contributed by atoms with Gasteiger partial charge in [-0.3, -0.25) is 4.90 Å². The Labute approximate surface area is 148 Å². The predicted molar refractivity (Wildman–Crippen MR) is 95.8 cm³/mol. The Morgan fingerprint density at radius 1 is 1.12 bits per heavy atom. The van der Waals surface area contributed by atoms with Gasteiger partial charge in [0.2, 0.25) is 0 Å². The van der Waals surface area contributed by atoms with Crippen molar-refractivity contribution < 1.29 is 14.6 Å². The first kappa shape index (κ1) is 17.5. The molecule has 25 heavy (non-hydrogen) atoms. The van der Waals surface area contributed by atoms with E-state index in [-0.39, 0.29) is 12.7 Å². The molecule has 1 heterocycles. The van der Waals surface area contributed by atoms with Gasteiger partial charge in [0.15, 0.2) is 0 Å². The molecule has 0 aliphatic carbocycles. The van der Waals surface area contributed by atoms with Crippen molar-refractivity contribution in [2.75, 3.05) is 13.1 Å². The van der Waals surface area contributed by atoms with Crippen molar-refractivity contribution >= 4 is 6.09 Å². The largest absolute Gasteiger partial charge is 0.445 e. The third-order valence-corrected chi connectivity index (χ3v) is 4.40. The zero-order valence-electron chi connectivity index (χ0n) is 14.2. The van der Waals surface area contributed by atoms with E-state index >= 15 is 0 Å². The first-order valence-electron chi connectivity index (χ1n) is 8.62. The lowest BCUT2D eigenvalue weighted by Crippen LogP contribution is -2.26. The van der Waals surface area contributed by atoms with Crippen LogP contribution in [0.3, 0.4) is 0 Å². The van der Waals surface area contributed by atoms with E-state index in [0.29, 0.717) is 13.1 Å². The molecule has 0 radical (unpaired) electrons. The van der Waals surface area contributed by atoms with Crippen LogP contribution in [0.5, 0.6) is 0 Å². The van der Waals surface area contributed by atoms with Crippen LogP contribution in [-0.4, -0.2) is 35.3 Å². The number of β-amino-alcohol motifs (C(OH)–C–C–N with tert-alkyl or cyclic N) is 1. The van der Waals surface area contributed by atoms with Crippen LogP contribution in [0.4, 0.5) is 4.79 Å². The molecule has 1 aliphatic rings. The fourth-order valence-corrected chi connectivity index (χ4v) is 3.02. The molecule has 3 rings (SSSR count). The standard InChI is InChI=1S/C20H24N2O3/c23-19-10-11-22(14-19)13-18-9-5-4-8-17(18)12-21-20(24)25-15-16-6-2-1-3-7-16/h1-9,19,23H,10-15H2,(H,21,24). The molecule has 1 aliphatic heterocycles. The van der Waals surface area contributed by atoms with E-state index in [9.17, 15) is 9.90 Å². The zero-order chi connectivity index (χ0) is 17.5. The maximum absolute atomic E-state index is 11.9. The number of aliphatic hydroxyl groups is 1. The van der Waals surface area contributed by atoms with Crippen molar-refractivity contribution in [3.05, 3.63) is 71.3 Å². The number of carbonyl (C=O) groups is 1. The molecule has 0 saturated carbocycles. The number of hydrogen-bond donors (Lipinski definition) is 2. The van der Waals surface area contributed by atoms with E-state index in [2.05, 4.69) is 16.3 Å². The summed E-state index contributed by atoms with van der Waals surface area (Å²) in [4.78, 5) is 14.1. The number of rotatable bonds is 6. The molecular formula is C20H24N2O3. The molecule has 1 atom stereocenters. The Hall–Kier alpha value is -2.37. The van der Waals surface area contributed by atoms with Crippen LogP contribution in [0, 0.1) is 0 Å². The van der Waals surface area contributed by atoms with E-state index in [1.54, 1.807) is 0 Å². The van der Waals surface area contributed by atoms with Gasteiger partial charge in [0, 0.05) is 26.2 Å². The highest BCUT2D eigenvalue weighted by atomic mass is 16.5. The van der Waals surface area contributed by atoms with Gasteiger partial charge in [-0.05, 0) is 23.1 Å². The molecule has 132 valence electrons. The first-order valence-corrected chi connectivity index (χ1v) is 8.62. The molecule has 0 spiro atoms. The van der Waals surface area contributed by atoms with Crippen molar-refractivity contribution in [1.82, 2.24) is 10.2 Å². The maximum atomic E-state index is 11.9. The van der Waals surface area contributed by atoms with Gasteiger partial charge in [-0.25, -0.2) is 4.79 Å². The molecule has 2 aromatic rings. The van der Waals surface area contributed by atoms with Gasteiger partial charge in [-0.15, -0.1) is 0 Å². The molecule has 1 fully saturated rings. The van der Waals surface area contributed by atoms with Gasteiger partial charge in [-0.1, -0.05) is 54.6 Å². The number of nitrogens with one attached hydrogen (secondary N) is 1. The van der Waals surface area contributed by atoms with Crippen molar-refractivity contribution in [3.8, 4) is 0 Å². The SMILES string of the molecule is O=C(NCc1ccccc1CN1CCC(O)C1)OCc1ccccc1. The third-order valence-electron chi connectivity index (χ3n) is 4.40. The van der Waals surface area contributed by atoms with E-state index in [1.807, 2.05) is 48.5 Å². The minimum absolute atomic E-state index is 0.224. The van der Waals surface area contributed by atoms with Crippen molar-refractivity contribution in [3.63, 3.8) is 0 Å². The fourth-order valence-electron chi connectivity index (χ4n) is 3.02. The van der Waals surface area contributed by atoms with Crippen molar-refractivity contribution in [1.29, 1.82) is 0 Å². The van der Waals surface area contributed by atoms with E-state index in [0.717, 1.165) is 30.6 Å². The Morgan fingerprint density at radius 2 is 1.84 bits per heavy atom. The molecular weight excluding hydrogens is 316 g/mol. The second kappa shape index (κ2) is 8.65. The monoisotopic (exact) mass is 340 g/mol. The Bertz CT molecular complexity index is 690. The number of aliphatic hydroxyl groups excluding tert-OH is 1. The number of hydrogen-bond acceptors (Lipinski definition) is 4. The molecule has 0 bridgehead atoms. The lowest BCUT2D eigenvalue weighted by Gasteiger charge is -2.18. The predicted octanol–water partition coefficient (Wildman–Crippen LogP) is 2.68. The van der Waals surface area contributed by atoms with Gasteiger partial charge in [0.1, 0.15) is 6.61 Å². The summed E-state index contributed by atoms with van der Waals surface area (Å²) in [5.74, 6) is 0. The van der Waals surface area contributed by atoms with E-state index in [4.69, 9.17) is 4.74 Å². The number of nitrogens with zero attached hydrogens (tertiary/aromatic N) is 1. The van der Waals surface area contributed by atoms with Crippen molar-refractivity contribution in [2.24, 2.45) is 0 Å². The number of amides is 1. The van der Waals surface area contributed by atoms with Crippen LogP contribution in [0.25, 0.3) is 0 Å². The molecule has 2 aromatic carbocycles. The smallest absolute Gasteiger partial charge is 0.407 e. The summed E-state index contributed by atoms with van der Waals surface area (Å²) >= 11 is 0. The number of carbonyl (C=O) groups excluding carboxylic acids is 1. The number of alkyl carbamates (subject to hydrolysis) is 1. The van der Waals surface area contributed by atoms with Crippen molar-refractivity contribution in [2.45, 2.75) is 32.2 Å². The maximum Gasteiger partial charge on any atom is 0.407 e. The summed E-state index contributed by atoms with van der Waals surface area (Å²) in [7, 11) is 0. The summed E-state index contributed by atoms with van der Waals surface area (Å²) in [6.07, 6.45) is 0.181. The summed E-state index contributed by atoms with van der Waals surface area (Å²) in [6.45, 7) is 3.09. The first-order chi connectivity index (χ1) is 12.2. The van der Waals surface area contributed by atoms with Gasteiger partial charge in [0.05, 0.1) is 6.10 Å². The molecule has 2 N–H and O–H groups in total. The van der Waals surface area contributed by atoms with Crippen LogP contribution >= 0.6 is 0 Å². The van der Waals surface area contributed by atoms with Crippen LogP contribution in [0.2, 0.25) is 0 Å². The van der Waals surface area contributed by atoms with Gasteiger partial charge in [0.25, 0.3) is 0 Å². The Kier molecular flexibility index (Phi) is 6.04. The number of benzene rings is 2. The average molecular weight is 340 g/mol. The van der Waals surface area contributed by atoms with E-state index in [1.165, 1.54) is 5.56 Å². The average Bonchev–Trinajstić information content (AvgIpc) is 3.05. The number of ether oxygens (including phenoxy) is 1. The second-order valence-corrected chi connectivity index (χ2v) is 6.36. The Balaban J connectivity index is 1.50. The van der Waals surface area contributed by atoms with E-state index < -0.39 is 6.09 Å². The molecule has 1 unspecified atom stereocenters. The highest BCUT2D eigenvalue weighted by molar-refractivity contribution is 5.67. The van der Waals surface area contributed by atoms with Crippen LogP contribution < -0.4 is 5.32 Å². The molecule has 0 aromatic heterocycles. The lowest BCUT2D eigenvalue weighted by molar-refractivity contribution is 0.139. The minimum atomic E-state index is -0.421. The fraction of sp³-hybridized carbons (Fsp3) is 0.350.